The van der Waals surface area contributed by atoms with Gasteiger partial charge in [0.15, 0.2) is 5.13 Å². The summed E-state index contributed by atoms with van der Waals surface area (Å²) in [6, 6.07) is 19.1. The number of carbonyl (C=O) groups is 2. The first-order valence-corrected chi connectivity index (χ1v) is 12.9. The molecule has 5 rings (SSSR count). The standard InChI is InChI=1S/C29H25ClN2O4S/c1-29(2,3)17-11-9-16(10-12-17)24-23(25(33)19-15-18(36-4)13-14-20(19)30)26(34)27(35)32(24)28-31-21-7-5-6-8-22(21)37-28/h5-15,24,33H,1-4H3/b25-23+. The first kappa shape index (κ1) is 25.0. The van der Waals surface area contributed by atoms with Crippen molar-refractivity contribution < 1.29 is 19.4 Å². The van der Waals surface area contributed by atoms with Crippen molar-refractivity contribution in [3.63, 3.8) is 0 Å². The smallest absolute Gasteiger partial charge is 0.301 e. The van der Waals surface area contributed by atoms with Gasteiger partial charge in [-0.05, 0) is 46.9 Å². The third-order valence-corrected chi connectivity index (χ3v) is 7.82. The van der Waals surface area contributed by atoms with Crippen LogP contribution in [-0.4, -0.2) is 28.9 Å². The van der Waals surface area contributed by atoms with Gasteiger partial charge in [-0.15, -0.1) is 0 Å². The maximum absolute atomic E-state index is 13.5. The lowest BCUT2D eigenvalue weighted by Gasteiger charge is -2.25. The van der Waals surface area contributed by atoms with Crippen molar-refractivity contribution in [2.45, 2.75) is 32.2 Å². The highest BCUT2D eigenvalue weighted by Gasteiger charge is 2.48. The summed E-state index contributed by atoms with van der Waals surface area (Å²) in [7, 11) is 1.50. The minimum Gasteiger partial charge on any atom is -0.507 e. The number of rotatable bonds is 4. The van der Waals surface area contributed by atoms with Crippen molar-refractivity contribution in [1.29, 1.82) is 0 Å². The molecule has 0 saturated carbocycles. The van der Waals surface area contributed by atoms with E-state index in [1.165, 1.54) is 23.3 Å². The van der Waals surface area contributed by atoms with Gasteiger partial charge in [0.25, 0.3) is 5.78 Å². The van der Waals surface area contributed by atoms with E-state index in [1.54, 1.807) is 18.2 Å². The molecule has 1 aliphatic rings. The molecular formula is C29H25ClN2O4S. The minimum absolute atomic E-state index is 0.0529. The Morgan fingerprint density at radius 1 is 1.05 bits per heavy atom. The van der Waals surface area contributed by atoms with Crippen LogP contribution in [-0.2, 0) is 15.0 Å². The Morgan fingerprint density at radius 3 is 2.41 bits per heavy atom. The number of hydrogen-bond acceptors (Lipinski definition) is 6. The molecule has 2 heterocycles. The summed E-state index contributed by atoms with van der Waals surface area (Å²) < 4.78 is 6.17. The summed E-state index contributed by atoms with van der Waals surface area (Å²) in [6.07, 6.45) is 0. The third kappa shape index (κ3) is 4.38. The number of hydrogen-bond donors (Lipinski definition) is 1. The fourth-order valence-corrected chi connectivity index (χ4v) is 5.63. The number of aliphatic hydroxyl groups excluding tert-OH is 1. The Bertz CT molecular complexity index is 1530. The van der Waals surface area contributed by atoms with E-state index in [2.05, 4.69) is 25.8 Å². The number of anilines is 1. The second-order valence-corrected chi connectivity index (χ2v) is 11.3. The van der Waals surface area contributed by atoms with Gasteiger partial charge in [-0.25, -0.2) is 4.98 Å². The molecule has 1 amide bonds. The van der Waals surface area contributed by atoms with E-state index in [9.17, 15) is 14.7 Å². The number of methoxy groups -OCH3 is 1. The van der Waals surface area contributed by atoms with E-state index in [4.69, 9.17) is 16.3 Å². The average Bonchev–Trinajstić information content (AvgIpc) is 3.42. The Hall–Kier alpha value is -3.68. The zero-order valence-corrected chi connectivity index (χ0v) is 22.4. The average molecular weight is 533 g/mol. The Balaban J connectivity index is 1.74. The number of amides is 1. The van der Waals surface area contributed by atoms with Crippen molar-refractivity contribution in [1.82, 2.24) is 4.98 Å². The van der Waals surface area contributed by atoms with Crippen molar-refractivity contribution in [3.8, 4) is 5.75 Å². The molecule has 0 radical (unpaired) electrons. The van der Waals surface area contributed by atoms with Gasteiger partial charge in [-0.2, -0.15) is 0 Å². The lowest BCUT2D eigenvalue weighted by molar-refractivity contribution is -0.132. The number of Topliss-reactive ketones (excluding diaryl/α,β-unsaturated/α-hetero) is 1. The number of benzene rings is 3. The summed E-state index contributed by atoms with van der Waals surface area (Å²) in [5.41, 5.74) is 2.57. The maximum atomic E-state index is 13.5. The van der Waals surface area contributed by atoms with E-state index in [-0.39, 0.29) is 27.3 Å². The van der Waals surface area contributed by atoms with Gasteiger partial charge < -0.3 is 9.84 Å². The van der Waals surface area contributed by atoms with Crippen LogP contribution in [0.5, 0.6) is 5.75 Å². The second kappa shape index (κ2) is 9.32. The normalized spacial score (nSPS) is 17.5. The Labute approximate surface area is 223 Å². The maximum Gasteiger partial charge on any atom is 0.301 e. The number of fused-ring (bicyclic) bond motifs is 1. The lowest BCUT2D eigenvalue weighted by atomic mass is 9.85. The van der Waals surface area contributed by atoms with E-state index in [1.807, 2.05) is 48.5 Å². The molecule has 1 aliphatic heterocycles. The lowest BCUT2D eigenvalue weighted by Crippen LogP contribution is -2.29. The van der Waals surface area contributed by atoms with Crippen molar-refractivity contribution in [3.05, 3.63) is 94.0 Å². The molecule has 1 N–H and O–H groups in total. The highest BCUT2D eigenvalue weighted by molar-refractivity contribution is 7.22. The number of aromatic nitrogens is 1. The number of halogens is 1. The van der Waals surface area contributed by atoms with Crippen molar-refractivity contribution in [2.24, 2.45) is 0 Å². The molecule has 3 aromatic carbocycles. The van der Waals surface area contributed by atoms with Gasteiger partial charge in [0.2, 0.25) is 0 Å². The molecule has 1 unspecified atom stereocenters. The summed E-state index contributed by atoms with van der Waals surface area (Å²) in [4.78, 5) is 33.0. The molecule has 37 heavy (non-hydrogen) atoms. The molecule has 8 heteroatoms. The third-order valence-electron chi connectivity index (χ3n) is 6.45. The molecule has 4 aromatic rings. The summed E-state index contributed by atoms with van der Waals surface area (Å²) in [5, 5.41) is 12.1. The van der Waals surface area contributed by atoms with Crippen molar-refractivity contribution >= 4 is 55.7 Å². The highest BCUT2D eigenvalue weighted by atomic mass is 35.5. The molecule has 1 aromatic heterocycles. The van der Waals surface area contributed by atoms with Crippen LogP contribution < -0.4 is 9.64 Å². The van der Waals surface area contributed by atoms with Gasteiger partial charge in [0.1, 0.15) is 11.5 Å². The largest absolute Gasteiger partial charge is 0.507 e. The van der Waals surface area contributed by atoms with E-state index >= 15 is 0 Å². The molecule has 0 bridgehead atoms. The van der Waals surface area contributed by atoms with E-state index in [0.29, 0.717) is 16.4 Å². The molecule has 1 saturated heterocycles. The van der Waals surface area contributed by atoms with E-state index < -0.39 is 17.7 Å². The molecular weight excluding hydrogens is 508 g/mol. The number of nitrogens with zero attached hydrogens (tertiary/aromatic N) is 2. The molecule has 188 valence electrons. The fraction of sp³-hybridized carbons (Fsp3) is 0.207. The number of para-hydroxylation sites is 1. The molecule has 1 atom stereocenters. The quantitative estimate of drug-likeness (QED) is 0.176. The first-order valence-electron chi connectivity index (χ1n) is 11.7. The Morgan fingerprint density at radius 2 is 1.76 bits per heavy atom. The predicted molar refractivity (Wildman–Crippen MR) is 148 cm³/mol. The second-order valence-electron chi connectivity index (χ2n) is 9.85. The van der Waals surface area contributed by atoms with Gasteiger partial charge in [0, 0.05) is 5.56 Å². The Kier molecular flexibility index (Phi) is 6.30. The van der Waals surface area contributed by atoms with Crippen LogP contribution >= 0.6 is 22.9 Å². The van der Waals surface area contributed by atoms with Crippen LogP contribution in [0.15, 0.2) is 72.3 Å². The zero-order chi connectivity index (χ0) is 26.5. The van der Waals surface area contributed by atoms with Crippen LogP contribution in [0, 0.1) is 0 Å². The van der Waals surface area contributed by atoms with Gasteiger partial charge >= 0.3 is 5.91 Å². The number of ether oxygens (including phenoxy) is 1. The highest BCUT2D eigenvalue weighted by Crippen LogP contribution is 2.45. The van der Waals surface area contributed by atoms with Gasteiger partial charge in [-0.3, -0.25) is 14.5 Å². The molecule has 0 spiro atoms. The molecule has 0 aliphatic carbocycles. The number of thiazole rings is 1. The van der Waals surface area contributed by atoms with E-state index in [0.717, 1.165) is 15.8 Å². The molecule has 6 nitrogen and oxygen atoms in total. The number of aliphatic hydroxyl groups is 1. The van der Waals surface area contributed by atoms with Crippen LogP contribution in [0.1, 0.15) is 43.5 Å². The fourth-order valence-electron chi connectivity index (χ4n) is 4.43. The molecule has 1 fully saturated rings. The van der Waals surface area contributed by atoms with Crippen LogP contribution in [0.3, 0.4) is 0 Å². The summed E-state index contributed by atoms with van der Waals surface area (Å²) >= 11 is 7.73. The summed E-state index contributed by atoms with van der Waals surface area (Å²) in [6.45, 7) is 6.33. The summed E-state index contributed by atoms with van der Waals surface area (Å²) in [5.74, 6) is -1.47. The SMILES string of the molecule is COc1ccc(Cl)c(/C(O)=C2\C(=O)C(=O)N(c3nc4ccccc4s3)C2c2ccc(C(C)(C)C)cc2)c1. The van der Waals surface area contributed by atoms with Gasteiger partial charge in [-0.1, -0.05) is 80.1 Å². The topological polar surface area (TPSA) is 79.7 Å². The first-order chi connectivity index (χ1) is 17.6. The van der Waals surface area contributed by atoms with Crippen LogP contribution in [0.2, 0.25) is 5.02 Å². The minimum atomic E-state index is -0.892. The predicted octanol–water partition coefficient (Wildman–Crippen LogP) is 6.88. The number of ketones is 1. The zero-order valence-electron chi connectivity index (χ0n) is 20.8. The van der Waals surface area contributed by atoms with Gasteiger partial charge in [0.05, 0.1) is 34.0 Å². The van der Waals surface area contributed by atoms with Crippen molar-refractivity contribution in [2.75, 3.05) is 12.0 Å². The monoisotopic (exact) mass is 532 g/mol. The van der Waals surface area contributed by atoms with Crippen LogP contribution in [0.4, 0.5) is 5.13 Å². The van der Waals surface area contributed by atoms with Crippen LogP contribution in [0.25, 0.3) is 16.0 Å². The number of carbonyl (C=O) groups excluding carboxylic acids is 2.